The number of benzene rings is 1. The topological polar surface area (TPSA) is 75.2 Å². The normalized spacial score (nSPS) is 15.1. The number of amides is 2. The fourth-order valence-electron chi connectivity index (χ4n) is 3.14. The second kappa shape index (κ2) is 10.1. The number of likely N-dealkylation sites (tertiary alicyclic amines) is 1. The Morgan fingerprint density at radius 2 is 1.96 bits per heavy atom. The van der Waals surface area contributed by atoms with Crippen LogP contribution < -0.4 is 5.32 Å². The number of piperidine rings is 1. The van der Waals surface area contributed by atoms with Crippen LogP contribution in [0.3, 0.4) is 0 Å². The van der Waals surface area contributed by atoms with Crippen LogP contribution in [0.1, 0.15) is 43.2 Å². The summed E-state index contributed by atoms with van der Waals surface area (Å²) < 4.78 is 0. The third kappa shape index (κ3) is 5.73. The average molecular weight is 399 g/mol. The SMILES string of the molecule is CCCCc1nnc(NC(=O)C2CCN(C(=O)C=Cc3ccccc3)CC2)s1. The van der Waals surface area contributed by atoms with Gasteiger partial charge in [0.15, 0.2) is 0 Å². The molecule has 0 saturated carbocycles. The van der Waals surface area contributed by atoms with Gasteiger partial charge in [0.25, 0.3) is 0 Å². The minimum Gasteiger partial charge on any atom is -0.339 e. The molecule has 0 spiro atoms. The molecule has 1 aliphatic heterocycles. The molecular formula is C21H26N4O2S. The van der Waals surface area contributed by atoms with Gasteiger partial charge in [-0.3, -0.25) is 9.59 Å². The quantitative estimate of drug-likeness (QED) is 0.721. The lowest BCUT2D eigenvalue weighted by Gasteiger charge is -2.30. The van der Waals surface area contributed by atoms with Gasteiger partial charge in [0, 0.05) is 31.5 Å². The summed E-state index contributed by atoms with van der Waals surface area (Å²) in [4.78, 5) is 26.6. The van der Waals surface area contributed by atoms with E-state index in [1.165, 1.54) is 11.3 Å². The maximum absolute atomic E-state index is 12.5. The zero-order chi connectivity index (χ0) is 19.8. The van der Waals surface area contributed by atoms with Crippen molar-refractivity contribution in [3.63, 3.8) is 0 Å². The first-order valence-electron chi connectivity index (χ1n) is 9.81. The van der Waals surface area contributed by atoms with E-state index in [0.29, 0.717) is 31.1 Å². The molecule has 0 radical (unpaired) electrons. The molecule has 1 aromatic carbocycles. The number of unbranched alkanes of at least 4 members (excludes halogenated alkanes) is 1. The van der Waals surface area contributed by atoms with E-state index in [-0.39, 0.29) is 17.7 Å². The van der Waals surface area contributed by atoms with Crippen LogP contribution in [0.2, 0.25) is 0 Å². The zero-order valence-corrected chi connectivity index (χ0v) is 17.0. The molecule has 2 heterocycles. The maximum Gasteiger partial charge on any atom is 0.246 e. The van der Waals surface area contributed by atoms with Gasteiger partial charge in [0.05, 0.1) is 0 Å². The molecule has 1 saturated heterocycles. The molecule has 0 unspecified atom stereocenters. The third-order valence-electron chi connectivity index (χ3n) is 4.84. The Bertz CT molecular complexity index is 811. The minimum absolute atomic E-state index is 0.00704. The van der Waals surface area contributed by atoms with E-state index in [2.05, 4.69) is 22.4 Å². The summed E-state index contributed by atoms with van der Waals surface area (Å²) in [6, 6.07) is 9.75. The molecule has 0 atom stereocenters. The van der Waals surface area contributed by atoms with Gasteiger partial charge in [-0.2, -0.15) is 0 Å². The van der Waals surface area contributed by atoms with Gasteiger partial charge in [0.2, 0.25) is 16.9 Å². The summed E-state index contributed by atoms with van der Waals surface area (Å²) in [5.41, 5.74) is 1.00. The van der Waals surface area contributed by atoms with Crippen molar-refractivity contribution in [2.45, 2.75) is 39.0 Å². The summed E-state index contributed by atoms with van der Waals surface area (Å²) in [6.07, 6.45) is 7.85. The Morgan fingerprint density at radius 1 is 1.21 bits per heavy atom. The molecule has 0 aliphatic carbocycles. The van der Waals surface area contributed by atoms with Crippen molar-refractivity contribution in [1.29, 1.82) is 0 Å². The first kappa shape index (κ1) is 20.2. The average Bonchev–Trinajstić information content (AvgIpc) is 3.18. The molecule has 1 aromatic heterocycles. The first-order chi connectivity index (χ1) is 13.7. The van der Waals surface area contributed by atoms with Gasteiger partial charge in [-0.05, 0) is 30.9 Å². The van der Waals surface area contributed by atoms with Crippen molar-refractivity contribution in [3.05, 3.63) is 47.0 Å². The second-order valence-electron chi connectivity index (χ2n) is 6.94. The Kier molecular flexibility index (Phi) is 7.31. The fourth-order valence-corrected chi connectivity index (χ4v) is 3.92. The van der Waals surface area contributed by atoms with Crippen LogP contribution in [0.15, 0.2) is 36.4 Å². The number of hydrogen-bond donors (Lipinski definition) is 1. The van der Waals surface area contributed by atoms with Gasteiger partial charge in [-0.25, -0.2) is 0 Å². The number of hydrogen-bond acceptors (Lipinski definition) is 5. The van der Waals surface area contributed by atoms with Crippen LogP contribution in [0, 0.1) is 5.92 Å². The number of carbonyl (C=O) groups is 2. The van der Waals surface area contributed by atoms with Crippen molar-refractivity contribution >= 4 is 34.4 Å². The molecule has 28 heavy (non-hydrogen) atoms. The number of rotatable bonds is 7. The molecule has 2 amide bonds. The van der Waals surface area contributed by atoms with Crippen molar-refractivity contribution in [2.24, 2.45) is 5.92 Å². The van der Waals surface area contributed by atoms with Crippen LogP contribution in [0.25, 0.3) is 6.08 Å². The van der Waals surface area contributed by atoms with Crippen molar-refractivity contribution in [1.82, 2.24) is 15.1 Å². The molecule has 1 aliphatic rings. The Labute approximate surface area is 169 Å². The highest BCUT2D eigenvalue weighted by Gasteiger charge is 2.27. The predicted octanol–water partition coefficient (Wildman–Crippen LogP) is 3.77. The number of nitrogens with zero attached hydrogens (tertiary/aromatic N) is 3. The zero-order valence-electron chi connectivity index (χ0n) is 16.1. The maximum atomic E-state index is 12.5. The highest BCUT2D eigenvalue weighted by Crippen LogP contribution is 2.22. The van der Waals surface area contributed by atoms with Crippen LogP contribution in [-0.2, 0) is 16.0 Å². The van der Waals surface area contributed by atoms with Gasteiger partial charge < -0.3 is 10.2 Å². The van der Waals surface area contributed by atoms with E-state index < -0.39 is 0 Å². The Morgan fingerprint density at radius 3 is 2.68 bits per heavy atom. The minimum atomic E-state index is -0.0925. The molecule has 6 nitrogen and oxygen atoms in total. The lowest BCUT2D eigenvalue weighted by atomic mass is 9.96. The standard InChI is InChI=1S/C21H26N4O2S/c1-2-3-9-18-23-24-21(28-18)22-20(27)17-12-14-25(15-13-17)19(26)11-10-16-7-5-4-6-8-16/h4-8,10-11,17H,2-3,9,12-15H2,1H3,(H,22,24,27). The molecule has 148 valence electrons. The largest absolute Gasteiger partial charge is 0.339 e. The number of nitrogens with one attached hydrogen (secondary N) is 1. The summed E-state index contributed by atoms with van der Waals surface area (Å²) >= 11 is 1.45. The number of aromatic nitrogens is 2. The van der Waals surface area contributed by atoms with Crippen LogP contribution in [0.4, 0.5) is 5.13 Å². The lowest BCUT2D eigenvalue weighted by Crippen LogP contribution is -2.40. The van der Waals surface area contributed by atoms with E-state index in [4.69, 9.17) is 0 Å². The highest BCUT2D eigenvalue weighted by atomic mass is 32.1. The van der Waals surface area contributed by atoms with Crippen LogP contribution >= 0.6 is 11.3 Å². The molecular weight excluding hydrogens is 372 g/mol. The van der Waals surface area contributed by atoms with Gasteiger partial charge in [-0.1, -0.05) is 55.0 Å². The number of anilines is 1. The second-order valence-corrected chi connectivity index (χ2v) is 8.00. The third-order valence-corrected chi connectivity index (χ3v) is 5.73. The van der Waals surface area contributed by atoms with E-state index >= 15 is 0 Å². The van der Waals surface area contributed by atoms with Crippen molar-refractivity contribution < 1.29 is 9.59 Å². The van der Waals surface area contributed by atoms with Crippen molar-refractivity contribution in [2.75, 3.05) is 18.4 Å². The first-order valence-corrected chi connectivity index (χ1v) is 10.6. The summed E-state index contributed by atoms with van der Waals surface area (Å²) in [7, 11) is 0. The van der Waals surface area contributed by atoms with E-state index in [9.17, 15) is 9.59 Å². The number of carbonyl (C=O) groups excluding carboxylic acids is 2. The summed E-state index contributed by atoms with van der Waals surface area (Å²) in [5, 5.41) is 12.6. The van der Waals surface area contributed by atoms with E-state index in [1.807, 2.05) is 36.4 Å². The highest BCUT2D eigenvalue weighted by molar-refractivity contribution is 7.15. The van der Waals surface area contributed by atoms with Crippen molar-refractivity contribution in [3.8, 4) is 0 Å². The Hall–Kier alpha value is -2.54. The lowest BCUT2D eigenvalue weighted by molar-refractivity contribution is -0.130. The smallest absolute Gasteiger partial charge is 0.246 e. The van der Waals surface area contributed by atoms with E-state index in [1.54, 1.807) is 11.0 Å². The molecule has 1 fully saturated rings. The molecule has 3 rings (SSSR count). The summed E-state index contributed by atoms with van der Waals surface area (Å²) in [6.45, 7) is 3.32. The van der Waals surface area contributed by atoms with Gasteiger partial charge in [-0.15, -0.1) is 10.2 Å². The molecule has 2 aromatic rings. The molecule has 0 bridgehead atoms. The fraction of sp³-hybridized carbons (Fsp3) is 0.429. The van der Waals surface area contributed by atoms with Crippen LogP contribution in [-0.4, -0.2) is 40.0 Å². The Balaban J connectivity index is 1.45. The molecule has 1 N–H and O–H groups in total. The monoisotopic (exact) mass is 398 g/mol. The van der Waals surface area contributed by atoms with Gasteiger partial charge >= 0.3 is 0 Å². The summed E-state index contributed by atoms with van der Waals surface area (Å²) in [5.74, 6) is -0.123. The van der Waals surface area contributed by atoms with Gasteiger partial charge in [0.1, 0.15) is 5.01 Å². The van der Waals surface area contributed by atoms with Crippen LogP contribution in [0.5, 0.6) is 0 Å². The van der Waals surface area contributed by atoms with E-state index in [0.717, 1.165) is 29.8 Å². The number of aryl methyl sites for hydroxylation is 1. The predicted molar refractivity (Wildman–Crippen MR) is 112 cm³/mol. The molecule has 7 heteroatoms.